The molecule has 1 aliphatic carbocycles. The number of nitrogens with one attached hydrogen (secondary N) is 2. The van der Waals surface area contributed by atoms with Crippen molar-refractivity contribution in [2.45, 2.75) is 71.7 Å². The number of methoxy groups -OCH3 is 1. The maximum Gasteiger partial charge on any atom is 0.408 e. The SMILES string of the molecule is COc1ccc(NC(=O)C(c2c(C)cccc2C)N(C(=O)C(CS)NC(=O)OC(C)(C)C)C2CC2C)cc1. The fraction of sp³-hybridized carbons (Fsp3) is 0.483. The number of thiol groups is 1. The Morgan fingerprint density at radius 3 is 2.13 bits per heavy atom. The Labute approximate surface area is 230 Å². The van der Waals surface area contributed by atoms with Crippen LogP contribution < -0.4 is 15.4 Å². The second-order valence-electron chi connectivity index (χ2n) is 10.8. The van der Waals surface area contributed by atoms with Gasteiger partial charge in [0.2, 0.25) is 5.91 Å². The number of nitrogens with zero attached hydrogens (tertiary/aromatic N) is 1. The van der Waals surface area contributed by atoms with Gasteiger partial charge in [-0.3, -0.25) is 9.59 Å². The van der Waals surface area contributed by atoms with Gasteiger partial charge in [-0.2, -0.15) is 12.6 Å². The lowest BCUT2D eigenvalue weighted by Crippen LogP contribution is -2.54. The van der Waals surface area contributed by atoms with Gasteiger partial charge in [-0.15, -0.1) is 0 Å². The van der Waals surface area contributed by atoms with Crippen molar-refractivity contribution in [1.82, 2.24) is 10.2 Å². The number of carbonyl (C=O) groups is 3. The molecular weight excluding hydrogens is 502 g/mol. The first-order chi connectivity index (χ1) is 17.9. The molecular formula is C29H39N3O5S. The molecule has 206 valence electrons. The molecule has 8 nitrogen and oxygen atoms in total. The fourth-order valence-corrected chi connectivity index (χ4v) is 4.78. The zero-order valence-electron chi connectivity index (χ0n) is 23.2. The van der Waals surface area contributed by atoms with Crippen molar-refractivity contribution in [2.24, 2.45) is 5.92 Å². The molecule has 2 aromatic rings. The molecule has 0 bridgehead atoms. The number of carbonyl (C=O) groups excluding carboxylic acids is 3. The summed E-state index contributed by atoms with van der Waals surface area (Å²) in [5.41, 5.74) is 2.42. The van der Waals surface area contributed by atoms with Gasteiger partial charge in [-0.05, 0) is 87.9 Å². The van der Waals surface area contributed by atoms with Crippen LogP contribution in [0, 0.1) is 19.8 Å². The van der Waals surface area contributed by atoms with E-state index in [1.54, 1.807) is 57.0 Å². The molecule has 1 saturated carbocycles. The molecule has 0 heterocycles. The molecule has 0 aromatic heterocycles. The van der Waals surface area contributed by atoms with Crippen LogP contribution in [0.3, 0.4) is 0 Å². The lowest BCUT2D eigenvalue weighted by atomic mass is 9.93. The van der Waals surface area contributed by atoms with E-state index in [-0.39, 0.29) is 29.5 Å². The Bertz CT molecular complexity index is 1140. The summed E-state index contributed by atoms with van der Waals surface area (Å²) in [6.45, 7) is 11.2. The lowest BCUT2D eigenvalue weighted by Gasteiger charge is -2.36. The Morgan fingerprint density at radius 1 is 1.08 bits per heavy atom. The van der Waals surface area contributed by atoms with Gasteiger partial charge in [-0.1, -0.05) is 25.1 Å². The van der Waals surface area contributed by atoms with Crippen molar-refractivity contribution in [1.29, 1.82) is 0 Å². The number of hydrogen-bond acceptors (Lipinski definition) is 6. The summed E-state index contributed by atoms with van der Waals surface area (Å²) in [6.07, 6.45) is 0.0503. The van der Waals surface area contributed by atoms with Crippen LogP contribution in [0.5, 0.6) is 5.75 Å². The Morgan fingerprint density at radius 2 is 1.66 bits per heavy atom. The molecule has 0 saturated heterocycles. The van der Waals surface area contributed by atoms with Crippen molar-refractivity contribution in [2.75, 3.05) is 18.2 Å². The van der Waals surface area contributed by atoms with Gasteiger partial charge in [0, 0.05) is 17.5 Å². The van der Waals surface area contributed by atoms with Gasteiger partial charge in [0.1, 0.15) is 23.4 Å². The van der Waals surface area contributed by atoms with Gasteiger partial charge in [0.05, 0.1) is 7.11 Å². The quantitative estimate of drug-likeness (QED) is 0.386. The first-order valence-corrected chi connectivity index (χ1v) is 13.4. The Hall–Kier alpha value is -3.20. The van der Waals surface area contributed by atoms with Crippen LogP contribution in [0.15, 0.2) is 42.5 Å². The van der Waals surface area contributed by atoms with E-state index >= 15 is 0 Å². The van der Waals surface area contributed by atoms with Crippen LogP contribution in [0.2, 0.25) is 0 Å². The average Bonchev–Trinajstić information content (AvgIpc) is 3.56. The Kier molecular flexibility index (Phi) is 9.35. The minimum atomic E-state index is -0.971. The molecule has 0 radical (unpaired) electrons. The molecule has 9 heteroatoms. The van der Waals surface area contributed by atoms with E-state index in [2.05, 4.69) is 23.3 Å². The van der Waals surface area contributed by atoms with E-state index < -0.39 is 23.8 Å². The summed E-state index contributed by atoms with van der Waals surface area (Å²) in [7, 11) is 1.58. The van der Waals surface area contributed by atoms with Gasteiger partial charge in [-0.25, -0.2) is 4.79 Å². The molecule has 4 unspecified atom stereocenters. The number of alkyl carbamates (subject to hydrolysis) is 1. The second-order valence-corrected chi connectivity index (χ2v) is 11.2. The van der Waals surface area contributed by atoms with E-state index in [4.69, 9.17) is 9.47 Å². The number of amides is 3. The maximum absolute atomic E-state index is 14.1. The predicted octanol–water partition coefficient (Wildman–Crippen LogP) is 5.05. The number of anilines is 1. The van der Waals surface area contributed by atoms with Crippen molar-refractivity contribution in [3.8, 4) is 5.75 Å². The highest BCUT2D eigenvalue weighted by atomic mass is 32.1. The minimum Gasteiger partial charge on any atom is -0.497 e. The molecule has 1 aliphatic rings. The number of hydrogen-bond donors (Lipinski definition) is 3. The third-order valence-corrected chi connectivity index (χ3v) is 6.92. The normalized spacial score (nSPS) is 18.1. The zero-order chi connectivity index (χ0) is 28.2. The summed E-state index contributed by atoms with van der Waals surface area (Å²) in [4.78, 5) is 42.3. The van der Waals surface area contributed by atoms with Crippen LogP contribution >= 0.6 is 12.6 Å². The first-order valence-electron chi connectivity index (χ1n) is 12.8. The molecule has 4 atom stereocenters. The van der Waals surface area contributed by atoms with E-state index in [1.807, 2.05) is 39.0 Å². The molecule has 3 rings (SSSR count). The monoisotopic (exact) mass is 541 g/mol. The second kappa shape index (κ2) is 12.1. The smallest absolute Gasteiger partial charge is 0.408 e. The highest BCUT2D eigenvalue weighted by molar-refractivity contribution is 7.80. The fourth-order valence-electron chi connectivity index (χ4n) is 4.53. The molecule has 2 aromatic carbocycles. The molecule has 0 spiro atoms. The van der Waals surface area contributed by atoms with Crippen LogP contribution in [0.4, 0.5) is 10.5 Å². The number of benzene rings is 2. The van der Waals surface area contributed by atoms with Crippen LogP contribution in [0.25, 0.3) is 0 Å². The largest absolute Gasteiger partial charge is 0.497 e. The van der Waals surface area contributed by atoms with Gasteiger partial charge < -0.3 is 25.0 Å². The predicted molar refractivity (Wildman–Crippen MR) is 152 cm³/mol. The standard InChI is InChI=1S/C29H39N3O5S/c1-17-9-8-10-18(2)24(17)25(26(33)30-20-11-13-21(36-7)14-12-20)32(23-15-19(23)3)27(34)22(16-38)31-28(35)37-29(4,5)6/h8-14,19,22-23,25,38H,15-16H2,1-7H3,(H,30,33)(H,31,35). The van der Waals surface area contributed by atoms with Gasteiger partial charge in [0.15, 0.2) is 0 Å². The molecule has 1 fully saturated rings. The third-order valence-electron chi connectivity index (χ3n) is 6.55. The number of aryl methyl sites for hydroxylation is 2. The van der Waals surface area contributed by atoms with E-state index in [9.17, 15) is 14.4 Å². The zero-order valence-corrected chi connectivity index (χ0v) is 24.1. The van der Waals surface area contributed by atoms with E-state index in [0.717, 1.165) is 23.1 Å². The topological polar surface area (TPSA) is 97.0 Å². The highest BCUT2D eigenvalue weighted by Gasteiger charge is 2.48. The average molecular weight is 542 g/mol. The molecule has 2 N–H and O–H groups in total. The summed E-state index contributed by atoms with van der Waals surface area (Å²) < 4.78 is 10.6. The maximum atomic E-state index is 14.1. The van der Waals surface area contributed by atoms with E-state index in [1.165, 1.54) is 0 Å². The molecule has 3 amide bonds. The Balaban J connectivity index is 2.02. The highest BCUT2D eigenvalue weighted by Crippen LogP contribution is 2.42. The third kappa shape index (κ3) is 7.22. The lowest BCUT2D eigenvalue weighted by molar-refractivity contribution is -0.141. The van der Waals surface area contributed by atoms with Crippen LogP contribution in [-0.4, -0.2) is 53.4 Å². The summed E-state index contributed by atoms with van der Waals surface area (Å²) in [5, 5.41) is 5.65. The van der Waals surface area contributed by atoms with Crippen LogP contribution in [-0.2, 0) is 14.3 Å². The summed E-state index contributed by atoms with van der Waals surface area (Å²) in [6, 6.07) is 10.8. The van der Waals surface area contributed by atoms with E-state index in [0.29, 0.717) is 11.4 Å². The number of ether oxygens (including phenoxy) is 2. The van der Waals surface area contributed by atoms with Gasteiger partial charge >= 0.3 is 6.09 Å². The molecule has 0 aliphatic heterocycles. The summed E-state index contributed by atoms with van der Waals surface area (Å²) >= 11 is 4.36. The van der Waals surface area contributed by atoms with Gasteiger partial charge in [0.25, 0.3) is 5.91 Å². The molecule has 38 heavy (non-hydrogen) atoms. The van der Waals surface area contributed by atoms with Crippen molar-refractivity contribution in [3.63, 3.8) is 0 Å². The van der Waals surface area contributed by atoms with Crippen molar-refractivity contribution in [3.05, 3.63) is 59.2 Å². The van der Waals surface area contributed by atoms with Crippen LogP contribution in [0.1, 0.15) is 56.8 Å². The van der Waals surface area contributed by atoms with Crippen molar-refractivity contribution >= 4 is 36.2 Å². The minimum absolute atomic E-state index is 0.0508. The number of rotatable bonds is 9. The first kappa shape index (κ1) is 29.4. The van der Waals surface area contributed by atoms with Crippen molar-refractivity contribution < 1.29 is 23.9 Å². The summed E-state index contributed by atoms with van der Waals surface area (Å²) in [5.74, 6) is 0.215.